The molecule has 0 amide bonds. The van der Waals surface area contributed by atoms with E-state index in [-0.39, 0.29) is 55.7 Å². The average molecular weight is 344 g/mol. The molecule has 110 valence electrons. The summed E-state index contributed by atoms with van der Waals surface area (Å²) in [5.41, 5.74) is 0. The fraction of sp³-hybridized carbons (Fsp3) is 0. The Labute approximate surface area is 91.1 Å². The van der Waals surface area contributed by atoms with Crippen LogP contribution in [-0.2, 0) is 31.1 Å². The van der Waals surface area contributed by atoms with E-state index in [9.17, 15) is 21.1 Å². The molecule has 0 unspecified atom stereocenters. The van der Waals surface area contributed by atoms with Gasteiger partial charge in [-0.05, 0) is 0 Å². The molecule has 0 aliphatic heterocycles. The molecule has 0 aromatic carbocycles. The van der Waals surface area contributed by atoms with E-state index in [2.05, 4.69) is 0 Å². The zero-order valence-corrected chi connectivity index (χ0v) is 9.13. The Morgan fingerprint density at radius 1 is 0.400 bits per heavy atom. The Hall–Kier alpha value is 0.365. The van der Waals surface area contributed by atoms with Gasteiger partial charge in [-0.15, -0.1) is 0 Å². The van der Waals surface area contributed by atoms with Gasteiger partial charge in [0.25, 0.3) is 0 Å². The first kappa shape index (κ1) is 78.3. The van der Waals surface area contributed by atoms with Crippen LogP contribution in [0.3, 0.4) is 0 Å². The molecule has 0 rings (SSSR count). The third kappa shape index (κ3) is 16500. The van der Waals surface area contributed by atoms with Gasteiger partial charge in [0.15, 0.2) is 0 Å². The fourth-order valence-corrected chi connectivity index (χ4v) is 0. The molecular weight excluding hydrogens is 330 g/mol. The summed E-state index contributed by atoms with van der Waals surface area (Å²) < 4.78 is 59.4. The molecule has 15 heteroatoms. The number of hydrogen-bond donors (Lipinski definition) is 0. The first-order chi connectivity index (χ1) is 2.45. The molecule has 0 atom stereocenters. The van der Waals surface area contributed by atoms with Crippen molar-refractivity contribution in [3.63, 3.8) is 0 Å². The van der Waals surface area contributed by atoms with Crippen molar-refractivity contribution in [1.29, 1.82) is 0 Å². The van der Waals surface area contributed by atoms with Crippen LogP contribution in [0.5, 0.6) is 0 Å². The van der Waals surface area contributed by atoms with Gasteiger partial charge in [0.1, 0.15) is 0 Å². The van der Waals surface area contributed by atoms with Crippen LogP contribution in [0.25, 0.3) is 0 Å². The zero-order valence-electron chi connectivity index (χ0n) is 6.58. The van der Waals surface area contributed by atoms with Crippen molar-refractivity contribution in [2.45, 2.75) is 0 Å². The summed E-state index contributed by atoms with van der Waals surface area (Å²) in [6.45, 7) is 0. The molecule has 0 spiro atoms. The molecule has 0 saturated carbocycles. The van der Waals surface area contributed by atoms with E-state index in [0.717, 1.165) is 0 Å². The van der Waals surface area contributed by atoms with E-state index < -0.39 is 13.7 Å². The van der Waals surface area contributed by atoms with Gasteiger partial charge in [-0.2, -0.15) is 0 Å². The molecular formula is H14Cr2F6O7. The van der Waals surface area contributed by atoms with Crippen LogP contribution in [0, 0.1) is 0 Å². The summed E-state index contributed by atoms with van der Waals surface area (Å²) in [4.78, 5) is 0. The van der Waals surface area contributed by atoms with E-state index in [1.807, 2.05) is 0 Å². The van der Waals surface area contributed by atoms with Crippen LogP contribution in [-0.4, -0.2) is 38.3 Å². The van der Waals surface area contributed by atoms with Crippen LogP contribution in [0.4, 0.5) is 21.1 Å². The molecule has 0 aliphatic carbocycles. The van der Waals surface area contributed by atoms with Gasteiger partial charge < -0.3 is 38.3 Å². The molecule has 0 aliphatic rings. The predicted molar refractivity (Wildman–Crippen MR) is 31.9 cm³/mol. The molecule has 0 bridgehead atoms. The Kier molecular flexibility index (Phi) is 56.7. The van der Waals surface area contributed by atoms with Crippen molar-refractivity contribution >= 4 is 0 Å². The predicted octanol–water partition coefficient (Wildman–Crippen LogP) is -3.26. The second kappa shape index (κ2) is 10.9. The van der Waals surface area contributed by atoms with Gasteiger partial charge >= 0.3 is 52.2 Å². The first-order valence-electron chi connectivity index (χ1n) is 0.926. The minimum atomic E-state index is -11.0. The molecule has 0 aromatic heterocycles. The molecule has 0 aromatic rings. The summed E-state index contributed by atoms with van der Waals surface area (Å²) in [6.07, 6.45) is 0. The number of hydrogen-bond acceptors (Lipinski definition) is 0. The maximum absolute atomic E-state index is 11.0. The Balaban J connectivity index is -0.00000000643. The molecule has 15 heavy (non-hydrogen) atoms. The fourth-order valence-electron chi connectivity index (χ4n) is 0. The SMILES string of the molecule is O.O.O.O.O.O.O.[Cr+3].[F][Cr-3]([F])([F])([F])([F])[F]. The van der Waals surface area contributed by atoms with Gasteiger partial charge in [0, 0.05) is 0 Å². The van der Waals surface area contributed by atoms with Gasteiger partial charge in [-0.3, -0.25) is 0 Å². The van der Waals surface area contributed by atoms with E-state index in [0.29, 0.717) is 0 Å². The second-order valence-corrected chi connectivity index (χ2v) is 3.61. The van der Waals surface area contributed by atoms with E-state index in [1.165, 1.54) is 0 Å². The topological polar surface area (TPSA) is 220 Å². The van der Waals surface area contributed by atoms with E-state index in [1.54, 1.807) is 0 Å². The molecule has 1 radical (unpaired) electrons. The average Bonchev–Trinajstić information content (AvgIpc) is 0.592. The number of rotatable bonds is 0. The maximum atomic E-state index is 9.90. The van der Waals surface area contributed by atoms with Crippen LogP contribution in [0.15, 0.2) is 0 Å². The Bertz CT molecular complexity index is 80.0. The number of halogens is 6. The van der Waals surface area contributed by atoms with Crippen molar-refractivity contribution in [2.24, 2.45) is 0 Å². The van der Waals surface area contributed by atoms with Gasteiger partial charge in [0.05, 0.1) is 0 Å². The third-order valence-corrected chi connectivity index (χ3v) is 0. The van der Waals surface area contributed by atoms with E-state index in [4.69, 9.17) is 0 Å². The standard InChI is InChI=1S/2Cr.6FH.7H2O/h;;6*1H;7*1H2/q2*+3;;;;;;;;;;;;;/p-6. The summed E-state index contributed by atoms with van der Waals surface area (Å²) in [5, 5.41) is 0. The monoisotopic (exact) mass is 344 g/mol. The Morgan fingerprint density at radius 3 is 0.400 bits per heavy atom. The zero-order chi connectivity index (χ0) is 6.41. The third-order valence-electron chi connectivity index (χ3n) is 0. The summed E-state index contributed by atoms with van der Waals surface area (Å²) in [7, 11) is 0. The van der Waals surface area contributed by atoms with Crippen LogP contribution in [0.1, 0.15) is 0 Å². The van der Waals surface area contributed by atoms with Crippen molar-refractivity contribution in [3.8, 4) is 0 Å². The van der Waals surface area contributed by atoms with Gasteiger partial charge in [0.2, 0.25) is 0 Å². The second-order valence-electron chi connectivity index (χ2n) is 0.875. The molecule has 0 saturated heterocycles. The van der Waals surface area contributed by atoms with Crippen molar-refractivity contribution < 1.29 is 90.5 Å². The molecule has 0 heterocycles. The van der Waals surface area contributed by atoms with Crippen LogP contribution in [0.2, 0.25) is 0 Å². The van der Waals surface area contributed by atoms with Crippen molar-refractivity contribution in [1.82, 2.24) is 0 Å². The Morgan fingerprint density at radius 2 is 0.400 bits per heavy atom. The quantitative estimate of drug-likeness (QED) is 0.395. The van der Waals surface area contributed by atoms with Crippen molar-refractivity contribution in [2.75, 3.05) is 0 Å². The molecule has 14 N–H and O–H groups in total. The van der Waals surface area contributed by atoms with Crippen LogP contribution >= 0.6 is 0 Å². The first-order valence-corrected chi connectivity index (χ1v) is 3.82. The summed E-state index contributed by atoms with van der Waals surface area (Å²) >= 11 is -11.0. The van der Waals surface area contributed by atoms with Gasteiger partial charge in [-0.1, -0.05) is 0 Å². The summed E-state index contributed by atoms with van der Waals surface area (Å²) in [6, 6.07) is 0. The van der Waals surface area contributed by atoms with Gasteiger partial charge in [-0.25, -0.2) is 0 Å². The van der Waals surface area contributed by atoms with E-state index >= 15 is 0 Å². The normalized spacial score (nSPS) is 10.8. The summed E-state index contributed by atoms with van der Waals surface area (Å²) in [5.74, 6) is 0. The van der Waals surface area contributed by atoms with Crippen molar-refractivity contribution in [3.05, 3.63) is 0 Å². The molecule has 7 nitrogen and oxygen atoms in total. The van der Waals surface area contributed by atoms with Crippen LogP contribution < -0.4 is 0 Å². The minimum absolute atomic E-state index is 0. The molecule has 0 fully saturated rings.